The molecule has 0 saturated carbocycles. The molecule has 7 nitrogen and oxygen atoms in total. The number of primary amides is 1. The third-order valence-corrected chi connectivity index (χ3v) is 4.12. The van der Waals surface area contributed by atoms with Crippen LogP contribution in [0.5, 0.6) is 0 Å². The molecule has 1 amide bonds. The normalized spacial score (nSPS) is 15.8. The van der Waals surface area contributed by atoms with Crippen molar-refractivity contribution < 1.29 is 9.32 Å². The van der Waals surface area contributed by atoms with E-state index in [4.69, 9.17) is 10.3 Å². The van der Waals surface area contributed by atoms with Gasteiger partial charge in [0.25, 0.3) is 0 Å². The first kappa shape index (κ1) is 15.5. The SMILES string of the molecule is Cc1ccc(N2CCC(NCc3noc(C(N)=O)n3)CC2)cc1. The van der Waals surface area contributed by atoms with Gasteiger partial charge >= 0.3 is 11.8 Å². The summed E-state index contributed by atoms with van der Waals surface area (Å²) < 4.78 is 4.77. The van der Waals surface area contributed by atoms with Gasteiger partial charge in [-0.2, -0.15) is 4.98 Å². The van der Waals surface area contributed by atoms with E-state index in [2.05, 4.69) is 51.5 Å². The lowest BCUT2D eigenvalue weighted by molar-refractivity contribution is 0.0958. The molecular weight excluding hydrogens is 294 g/mol. The third-order valence-electron chi connectivity index (χ3n) is 4.12. The maximum atomic E-state index is 10.9. The van der Waals surface area contributed by atoms with Crippen molar-refractivity contribution in [3.8, 4) is 0 Å². The van der Waals surface area contributed by atoms with Crippen LogP contribution in [-0.2, 0) is 6.54 Å². The Kier molecular flexibility index (Phi) is 4.57. The van der Waals surface area contributed by atoms with Gasteiger partial charge < -0.3 is 20.5 Å². The summed E-state index contributed by atoms with van der Waals surface area (Å²) in [7, 11) is 0. The first-order valence-electron chi connectivity index (χ1n) is 7.79. The lowest BCUT2D eigenvalue weighted by atomic mass is 10.0. The van der Waals surface area contributed by atoms with Crippen molar-refractivity contribution in [2.75, 3.05) is 18.0 Å². The second kappa shape index (κ2) is 6.78. The lowest BCUT2D eigenvalue weighted by Crippen LogP contribution is -2.42. The van der Waals surface area contributed by atoms with Gasteiger partial charge in [-0.05, 0) is 31.9 Å². The van der Waals surface area contributed by atoms with Crippen molar-refractivity contribution in [2.24, 2.45) is 5.73 Å². The zero-order chi connectivity index (χ0) is 16.2. The molecule has 1 aromatic heterocycles. The van der Waals surface area contributed by atoms with E-state index in [0.29, 0.717) is 18.4 Å². The number of carbonyl (C=O) groups is 1. The third kappa shape index (κ3) is 3.87. The van der Waals surface area contributed by atoms with E-state index in [9.17, 15) is 4.79 Å². The summed E-state index contributed by atoms with van der Waals surface area (Å²) in [4.78, 5) is 17.3. The van der Waals surface area contributed by atoms with Gasteiger partial charge in [0.2, 0.25) is 0 Å². The number of piperidine rings is 1. The molecule has 1 fully saturated rings. The highest BCUT2D eigenvalue weighted by Gasteiger charge is 2.20. The van der Waals surface area contributed by atoms with Crippen molar-refractivity contribution in [3.63, 3.8) is 0 Å². The standard InChI is InChI=1S/C16H21N5O2/c1-11-2-4-13(5-3-11)21-8-6-12(7-9-21)18-10-14-19-16(15(17)22)23-20-14/h2-5,12,18H,6-10H2,1H3,(H2,17,22). The number of nitrogens with two attached hydrogens (primary N) is 1. The van der Waals surface area contributed by atoms with Crippen molar-refractivity contribution >= 4 is 11.6 Å². The van der Waals surface area contributed by atoms with Gasteiger partial charge in [0.1, 0.15) is 0 Å². The molecule has 2 aromatic rings. The van der Waals surface area contributed by atoms with E-state index in [1.54, 1.807) is 0 Å². The molecule has 1 aromatic carbocycles. The van der Waals surface area contributed by atoms with E-state index in [1.165, 1.54) is 11.3 Å². The molecule has 23 heavy (non-hydrogen) atoms. The van der Waals surface area contributed by atoms with Crippen molar-refractivity contribution in [1.29, 1.82) is 0 Å². The highest BCUT2D eigenvalue weighted by Crippen LogP contribution is 2.20. The van der Waals surface area contributed by atoms with Crippen molar-refractivity contribution in [2.45, 2.75) is 32.4 Å². The van der Waals surface area contributed by atoms with Crippen LogP contribution in [-0.4, -0.2) is 35.2 Å². The maximum Gasteiger partial charge on any atom is 0.315 e. The molecule has 1 saturated heterocycles. The van der Waals surface area contributed by atoms with E-state index in [-0.39, 0.29) is 5.89 Å². The number of nitrogens with one attached hydrogen (secondary N) is 1. The topological polar surface area (TPSA) is 97.3 Å². The molecule has 0 unspecified atom stereocenters. The van der Waals surface area contributed by atoms with E-state index in [1.807, 2.05) is 0 Å². The number of hydrogen-bond acceptors (Lipinski definition) is 6. The Hall–Kier alpha value is -2.41. The molecule has 122 valence electrons. The first-order chi connectivity index (χ1) is 11.1. The zero-order valence-corrected chi connectivity index (χ0v) is 13.2. The highest BCUT2D eigenvalue weighted by molar-refractivity contribution is 5.87. The molecule has 0 atom stereocenters. The van der Waals surface area contributed by atoms with Crippen LogP contribution >= 0.6 is 0 Å². The number of rotatable bonds is 5. The van der Waals surface area contributed by atoms with Crippen LogP contribution in [0.15, 0.2) is 28.8 Å². The highest BCUT2D eigenvalue weighted by atomic mass is 16.5. The van der Waals surface area contributed by atoms with Gasteiger partial charge in [0.15, 0.2) is 5.82 Å². The Labute approximate surface area is 134 Å². The molecule has 0 aliphatic carbocycles. The van der Waals surface area contributed by atoms with Gasteiger partial charge in [0, 0.05) is 24.8 Å². The average molecular weight is 315 g/mol. The second-order valence-corrected chi connectivity index (χ2v) is 5.86. The molecule has 1 aliphatic heterocycles. The van der Waals surface area contributed by atoms with Gasteiger partial charge in [-0.25, -0.2) is 0 Å². The van der Waals surface area contributed by atoms with Crippen LogP contribution in [0.1, 0.15) is 34.9 Å². The fraction of sp³-hybridized carbons (Fsp3) is 0.438. The Morgan fingerprint density at radius 1 is 1.35 bits per heavy atom. The Morgan fingerprint density at radius 3 is 2.65 bits per heavy atom. The largest absolute Gasteiger partial charge is 0.371 e. The van der Waals surface area contributed by atoms with Crippen LogP contribution in [0.4, 0.5) is 5.69 Å². The molecule has 0 bridgehead atoms. The van der Waals surface area contributed by atoms with Crippen LogP contribution < -0.4 is 16.0 Å². The summed E-state index contributed by atoms with van der Waals surface area (Å²) >= 11 is 0. The predicted octanol–water partition coefficient (Wildman–Crippen LogP) is 1.24. The monoisotopic (exact) mass is 315 g/mol. The van der Waals surface area contributed by atoms with E-state index < -0.39 is 5.91 Å². The molecule has 3 rings (SSSR count). The summed E-state index contributed by atoms with van der Waals surface area (Å²) in [5, 5.41) is 7.14. The minimum Gasteiger partial charge on any atom is -0.371 e. The number of nitrogens with zero attached hydrogens (tertiary/aromatic N) is 3. The van der Waals surface area contributed by atoms with E-state index in [0.717, 1.165) is 25.9 Å². The minimum absolute atomic E-state index is 0.143. The second-order valence-electron chi connectivity index (χ2n) is 5.86. The average Bonchev–Trinajstić information content (AvgIpc) is 3.04. The summed E-state index contributed by atoms with van der Waals surface area (Å²) in [6.45, 7) is 4.60. The molecule has 7 heteroatoms. The van der Waals surface area contributed by atoms with Crippen LogP contribution in [0.2, 0.25) is 0 Å². The number of benzene rings is 1. The van der Waals surface area contributed by atoms with Crippen LogP contribution in [0.3, 0.4) is 0 Å². The fourth-order valence-electron chi connectivity index (χ4n) is 2.76. The first-order valence-corrected chi connectivity index (χ1v) is 7.79. The summed E-state index contributed by atoms with van der Waals surface area (Å²) in [6.07, 6.45) is 2.10. The predicted molar refractivity (Wildman–Crippen MR) is 86.1 cm³/mol. The quantitative estimate of drug-likeness (QED) is 0.861. The van der Waals surface area contributed by atoms with E-state index >= 15 is 0 Å². The number of amides is 1. The number of carbonyl (C=O) groups excluding carboxylic acids is 1. The zero-order valence-electron chi connectivity index (χ0n) is 13.2. The summed E-state index contributed by atoms with van der Waals surface area (Å²) in [6, 6.07) is 9.05. The van der Waals surface area contributed by atoms with Crippen molar-refractivity contribution in [1.82, 2.24) is 15.5 Å². The van der Waals surface area contributed by atoms with Gasteiger partial charge in [-0.15, -0.1) is 0 Å². The molecule has 0 radical (unpaired) electrons. The Balaban J connectivity index is 1.47. The number of hydrogen-bond donors (Lipinski definition) is 2. The lowest BCUT2D eigenvalue weighted by Gasteiger charge is -2.34. The molecule has 2 heterocycles. The minimum atomic E-state index is -0.699. The van der Waals surface area contributed by atoms with Gasteiger partial charge in [0.05, 0.1) is 6.54 Å². The van der Waals surface area contributed by atoms with Gasteiger partial charge in [-0.1, -0.05) is 22.9 Å². The van der Waals surface area contributed by atoms with Crippen molar-refractivity contribution in [3.05, 3.63) is 41.5 Å². The molecular formula is C16H21N5O2. The van der Waals surface area contributed by atoms with Crippen LogP contribution in [0.25, 0.3) is 0 Å². The number of aromatic nitrogens is 2. The summed E-state index contributed by atoms with van der Waals surface area (Å²) in [5.41, 5.74) is 7.64. The molecule has 1 aliphatic rings. The smallest absolute Gasteiger partial charge is 0.315 e. The number of anilines is 1. The molecule has 0 spiro atoms. The summed E-state index contributed by atoms with van der Waals surface area (Å²) in [5.74, 6) is -0.383. The molecule has 3 N–H and O–H groups in total. The van der Waals surface area contributed by atoms with Gasteiger partial charge in [-0.3, -0.25) is 4.79 Å². The fourth-order valence-corrected chi connectivity index (χ4v) is 2.76. The maximum absolute atomic E-state index is 10.9. The number of aryl methyl sites for hydroxylation is 1. The Morgan fingerprint density at radius 2 is 2.04 bits per heavy atom. The van der Waals surface area contributed by atoms with Crippen LogP contribution in [0, 0.1) is 6.92 Å². The Bertz CT molecular complexity index is 659.